The standard InChI is InChI=1S/C23H27ClF2N4O5/c1-23(2,3)17-8-11(35-28-17)7-15-22(33-4)20(21(32)16(10-31)34-15)30-9-14(27-29-30)12-5-6-13(24)19(26)18(12)25/h5-6,8-9,15-16,20-22,31-32H,7,10H2,1-4H3/t15-,16-,20+,21+,22+/m1/s1. The first kappa shape index (κ1) is 25.6. The fraction of sp³-hybridized carbons (Fsp3) is 0.522. The Morgan fingerprint density at radius 2 is 1.94 bits per heavy atom. The van der Waals surface area contributed by atoms with E-state index in [1.165, 1.54) is 30.1 Å². The highest BCUT2D eigenvalue weighted by Gasteiger charge is 2.47. The van der Waals surface area contributed by atoms with Gasteiger partial charge in [-0.1, -0.05) is 42.7 Å². The summed E-state index contributed by atoms with van der Waals surface area (Å²) in [4.78, 5) is 0. The Balaban J connectivity index is 1.66. The van der Waals surface area contributed by atoms with Crippen LogP contribution in [0.15, 0.2) is 28.9 Å². The van der Waals surface area contributed by atoms with Crippen molar-refractivity contribution >= 4 is 11.6 Å². The van der Waals surface area contributed by atoms with Crippen molar-refractivity contribution in [2.45, 2.75) is 63.1 Å². The number of aliphatic hydroxyl groups is 2. The van der Waals surface area contributed by atoms with Crippen molar-refractivity contribution in [2.75, 3.05) is 13.7 Å². The second kappa shape index (κ2) is 9.90. The molecular formula is C23H27ClF2N4O5. The lowest BCUT2D eigenvalue weighted by molar-refractivity contribution is -0.212. The lowest BCUT2D eigenvalue weighted by Crippen LogP contribution is -2.57. The van der Waals surface area contributed by atoms with E-state index < -0.39 is 48.7 Å². The fourth-order valence-electron chi connectivity index (χ4n) is 4.16. The fourth-order valence-corrected chi connectivity index (χ4v) is 4.31. The van der Waals surface area contributed by atoms with Gasteiger partial charge >= 0.3 is 0 Å². The normalized spacial score (nSPS) is 25.2. The Hall–Kier alpha value is -2.44. The maximum atomic E-state index is 14.4. The third-order valence-corrected chi connectivity index (χ3v) is 6.38. The molecule has 12 heteroatoms. The van der Waals surface area contributed by atoms with Crippen molar-refractivity contribution in [3.05, 3.63) is 52.5 Å². The van der Waals surface area contributed by atoms with Gasteiger partial charge in [0, 0.05) is 30.6 Å². The Kier molecular flexibility index (Phi) is 7.26. The molecule has 1 aliphatic heterocycles. The molecule has 0 spiro atoms. The summed E-state index contributed by atoms with van der Waals surface area (Å²) in [7, 11) is 1.45. The number of ether oxygens (including phenoxy) is 2. The third-order valence-electron chi connectivity index (χ3n) is 6.09. The van der Waals surface area contributed by atoms with E-state index in [0.29, 0.717) is 5.76 Å². The number of hydrogen-bond acceptors (Lipinski definition) is 8. The summed E-state index contributed by atoms with van der Waals surface area (Å²) in [5.74, 6) is -1.81. The number of rotatable bonds is 6. The maximum Gasteiger partial charge on any atom is 0.178 e. The second-order valence-electron chi connectivity index (χ2n) is 9.52. The number of nitrogens with zero attached hydrogens (tertiary/aromatic N) is 4. The van der Waals surface area contributed by atoms with Crippen molar-refractivity contribution in [1.82, 2.24) is 20.2 Å². The van der Waals surface area contributed by atoms with E-state index in [-0.39, 0.29) is 28.1 Å². The highest BCUT2D eigenvalue weighted by Crippen LogP contribution is 2.35. The molecular weight excluding hydrogens is 486 g/mol. The van der Waals surface area contributed by atoms with Crippen LogP contribution in [0.25, 0.3) is 11.3 Å². The quantitative estimate of drug-likeness (QED) is 0.484. The SMILES string of the molecule is CO[C@@H]1[C@@H](n2cc(-c3ccc(Cl)c(F)c3F)nn2)[C@@H](O)[C@@H](CO)O[C@@H]1Cc1cc(C(C)(C)C)no1. The van der Waals surface area contributed by atoms with Crippen LogP contribution >= 0.6 is 11.6 Å². The summed E-state index contributed by atoms with van der Waals surface area (Å²) < 4.78 is 46.8. The molecule has 0 saturated carbocycles. The first-order valence-electron chi connectivity index (χ1n) is 11.0. The van der Waals surface area contributed by atoms with Crippen molar-refractivity contribution in [1.29, 1.82) is 0 Å². The lowest BCUT2D eigenvalue weighted by atomic mass is 9.89. The molecule has 1 fully saturated rings. The van der Waals surface area contributed by atoms with Crippen LogP contribution < -0.4 is 0 Å². The van der Waals surface area contributed by atoms with Crippen LogP contribution in [0.5, 0.6) is 0 Å². The molecule has 190 valence electrons. The average molecular weight is 513 g/mol. The zero-order valence-electron chi connectivity index (χ0n) is 19.7. The zero-order chi connectivity index (χ0) is 25.5. The van der Waals surface area contributed by atoms with Crippen LogP contribution in [0.2, 0.25) is 5.02 Å². The molecule has 0 unspecified atom stereocenters. The number of halogens is 3. The molecule has 4 rings (SSSR count). The molecule has 9 nitrogen and oxygen atoms in total. The summed E-state index contributed by atoms with van der Waals surface area (Å²) >= 11 is 5.64. The minimum atomic E-state index is -1.23. The summed E-state index contributed by atoms with van der Waals surface area (Å²) in [6.07, 6.45) is -1.98. The third kappa shape index (κ3) is 4.96. The van der Waals surface area contributed by atoms with Gasteiger partial charge in [-0.05, 0) is 12.1 Å². The van der Waals surface area contributed by atoms with Gasteiger partial charge in [-0.3, -0.25) is 0 Å². The molecule has 2 aromatic heterocycles. The molecule has 3 heterocycles. The van der Waals surface area contributed by atoms with Crippen LogP contribution in [-0.4, -0.2) is 68.5 Å². The molecule has 1 aromatic carbocycles. The lowest BCUT2D eigenvalue weighted by Gasteiger charge is -2.43. The number of aliphatic hydroxyl groups excluding tert-OH is 2. The molecule has 3 aromatic rings. The van der Waals surface area contributed by atoms with Gasteiger partial charge < -0.3 is 24.2 Å². The summed E-state index contributed by atoms with van der Waals surface area (Å²) in [5.41, 5.74) is 0.454. The molecule has 1 aliphatic rings. The van der Waals surface area contributed by atoms with Crippen molar-refractivity contribution in [3.63, 3.8) is 0 Å². The van der Waals surface area contributed by atoms with Crippen LogP contribution in [-0.2, 0) is 21.3 Å². The first-order chi connectivity index (χ1) is 16.5. The van der Waals surface area contributed by atoms with Gasteiger partial charge in [-0.15, -0.1) is 5.10 Å². The summed E-state index contributed by atoms with van der Waals surface area (Å²) in [6, 6.07) is 3.48. The minimum Gasteiger partial charge on any atom is -0.394 e. The molecule has 5 atom stereocenters. The summed E-state index contributed by atoms with van der Waals surface area (Å²) in [6.45, 7) is 5.56. The molecule has 1 saturated heterocycles. The summed E-state index contributed by atoms with van der Waals surface area (Å²) in [5, 5.41) is 32.6. The Morgan fingerprint density at radius 3 is 2.57 bits per heavy atom. The van der Waals surface area contributed by atoms with E-state index in [9.17, 15) is 19.0 Å². The number of hydrogen-bond donors (Lipinski definition) is 2. The van der Waals surface area contributed by atoms with E-state index >= 15 is 0 Å². The smallest absolute Gasteiger partial charge is 0.178 e. The molecule has 35 heavy (non-hydrogen) atoms. The second-order valence-corrected chi connectivity index (χ2v) is 9.92. The zero-order valence-corrected chi connectivity index (χ0v) is 20.4. The van der Waals surface area contributed by atoms with Gasteiger partial charge in [0.2, 0.25) is 0 Å². The van der Waals surface area contributed by atoms with Crippen molar-refractivity contribution < 1.29 is 33.0 Å². The Bertz CT molecular complexity index is 1180. The largest absolute Gasteiger partial charge is 0.394 e. The van der Waals surface area contributed by atoms with Crippen molar-refractivity contribution in [3.8, 4) is 11.3 Å². The number of aromatic nitrogens is 4. The van der Waals surface area contributed by atoms with Crippen LogP contribution in [0.4, 0.5) is 8.78 Å². The molecule has 0 aliphatic carbocycles. The van der Waals surface area contributed by atoms with Crippen LogP contribution in [0.3, 0.4) is 0 Å². The molecule has 0 amide bonds. The predicted molar refractivity (Wildman–Crippen MR) is 121 cm³/mol. The Morgan fingerprint density at radius 1 is 1.20 bits per heavy atom. The van der Waals surface area contributed by atoms with Crippen LogP contribution in [0.1, 0.15) is 38.3 Å². The molecule has 2 N–H and O–H groups in total. The highest BCUT2D eigenvalue weighted by atomic mass is 35.5. The van der Waals surface area contributed by atoms with Gasteiger partial charge in [0.25, 0.3) is 0 Å². The van der Waals surface area contributed by atoms with Gasteiger partial charge in [0.15, 0.2) is 11.6 Å². The van der Waals surface area contributed by atoms with E-state index in [2.05, 4.69) is 15.5 Å². The minimum absolute atomic E-state index is 0.0359. The monoisotopic (exact) mass is 512 g/mol. The first-order valence-corrected chi connectivity index (χ1v) is 11.4. The average Bonchev–Trinajstić information content (AvgIpc) is 3.48. The topological polar surface area (TPSA) is 116 Å². The van der Waals surface area contributed by atoms with Gasteiger partial charge in [-0.25, -0.2) is 13.5 Å². The van der Waals surface area contributed by atoms with Gasteiger partial charge in [-0.2, -0.15) is 0 Å². The predicted octanol–water partition coefficient (Wildman–Crippen LogP) is 3.08. The van der Waals surface area contributed by atoms with Gasteiger partial charge in [0.1, 0.15) is 35.8 Å². The highest BCUT2D eigenvalue weighted by molar-refractivity contribution is 6.30. The van der Waals surface area contributed by atoms with E-state index in [0.717, 1.165) is 5.69 Å². The Labute approximate surface area is 205 Å². The molecule has 0 bridgehead atoms. The van der Waals surface area contributed by atoms with E-state index in [1.807, 2.05) is 26.8 Å². The van der Waals surface area contributed by atoms with Crippen molar-refractivity contribution in [2.24, 2.45) is 0 Å². The van der Waals surface area contributed by atoms with Crippen LogP contribution in [0, 0.1) is 11.6 Å². The maximum absolute atomic E-state index is 14.4. The van der Waals surface area contributed by atoms with E-state index in [4.69, 9.17) is 25.6 Å². The van der Waals surface area contributed by atoms with Gasteiger partial charge in [0.05, 0.1) is 29.6 Å². The molecule has 0 radical (unpaired) electrons. The number of methoxy groups -OCH3 is 1. The number of benzene rings is 1. The van der Waals surface area contributed by atoms with E-state index in [1.54, 1.807) is 0 Å².